The van der Waals surface area contributed by atoms with Crippen molar-refractivity contribution >= 4 is 40.3 Å². The van der Waals surface area contributed by atoms with Gasteiger partial charge >= 0.3 is 0 Å². The minimum absolute atomic E-state index is 0.103. The Labute approximate surface area is 133 Å². The lowest BCUT2D eigenvalue weighted by molar-refractivity contribution is 0.629. The molecule has 0 bridgehead atoms. The van der Waals surface area contributed by atoms with E-state index in [1.807, 2.05) is 12.1 Å². The van der Waals surface area contributed by atoms with Gasteiger partial charge in [0.25, 0.3) is 0 Å². The Morgan fingerprint density at radius 1 is 1.33 bits per heavy atom. The van der Waals surface area contributed by atoms with Crippen molar-refractivity contribution in [3.05, 3.63) is 58.9 Å². The van der Waals surface area contributed by atoms with Crippen molar-refractivity contribution < 1.29 is 4.39 Å². The van der Waals surface area contributed by atoms with Crippen molar-refractivity contribution in [1.29, 1.82) is 0 Å². The van der Waals surface area contributed by atoms with Crippen molar-refractivity contribution in [1.82, 2.24) is 0 Å². The minimum atomic E-state index is -0.459. The molecule has 1 atom stereocenters. The summed E-state index contributed by atoms with van der Waals surface area (Å²) in [5.41, 5.74) is 2.98. The van der Waals surface area contributed by atoms with Gasteiger partial charge in [0.05, 0.1) is 5.02 Å². The third-order valence-electron chi connectivity index (χ3n) is 3.60. The zero-order valence-electron chi connectivity index (χ0n) is 11.4. The first-order chi connectivity index (χ1) is 10.1. The largest absolute Gasteiger partial charge is 0.332 e. The third kappa shape index (κ3) is 2.74. The fourth-order valence-corrected chi connectivity index (χ4v) is 3.15. The van der Waals surface area contributed by atoms with Crippen LogP contribution in [0.25, 0.3) is 0 Å². The summed E-state index contributed by atoms with van der Waals surface area (Å²) in [6.45, 7) is 2.12. The number of nitrogens with one attached hydrogen (secondary N) is 1. The van der Waals surface area contributed by atoms with E-state index in [1.165, 1.54) is 17.7 Å². The highest BCUT2D eigenvalue weighted by atomic mass is 35.5. The molecule has 0 radical (unpaired) electrons. The summed E-state index contributed by atoms with van der Waals surface area (Å²) in [6, 6.07) is 13.0. The quantitative estimate of drug-likeness (QED) is 0.771. The number of fused-ring (bicyclic) bond motifs is 1. The van der Waals surface area contributed by atoms with E-state index < -0.39 is 5.82 Å². The summed E-state index contributed by atoms with van der Waals surface area (Å²) in [6.07, 6.45) is 0.951. The van der Waals surface area contributed by atoms with Crippen molar-refractivity contribution in [3.63, 3.8) is 0 Å². The summed E-state index contributed by atoms with van der Waals surface area (Å²) in [4.78, 5) is 2.07. The van der Waals surface area contributed by atoms with E-state index >= 15 is 0 Å². The van der Waals surface area contributed by atoms with Gasteiger partial charge in [-0.25, -0.2) is 4.39 Å². The molecule has 108 valence electrons. The van der Waals surface area contributed by atoms with Crippen LogP contribution >= 0.6 is 23.8 Å². The maximum absolute atomic E-state index is 13.5. The summed E-state index contributed by atoms with van der Waals surface area (Å²) in [5.74, 6) is -0.459. The molecule has 3 rings (SSSR count). The van der Waals surface area contributed by atoms with E-state index in [9.17, 15) is 4.39 Å². The smallest absolute Gasteiger partial charge is 0.178 e. The standard InChI is InChI=1S/C16H14ClFN2S/c1-10-8-11-4-2-3-5-15(11)20(10)16(21)19-12-6-7-13(17)14(18)9-12/h2-7,9-10H,8H2,1H3,(H,19,21). The van der Waals surface area contributed by atoms with Crippen LogP contribution in [-0.4, -0.2) is 11.2 Å². The highest BCUT2D eigenvalue weighted by Crippen LogP contribution is 2.32. The van der Waals surface area contributed by atoms with Gasteiger partial charge in [-0.2, -0.15) is 0 Å². The van der Waals surface area contributed by atoms with Crippen molar-refractivity contribution in [2.24, 2.45) is 0 Å². The van der Waals surface area contributed by atoms with Crippen LogP contribution in [0.5, 0.6) is 0 Å². The van der Waals surface area contributed by atoms with Gasteiger partial charge in [-0.15, -0.1) is 0 Å². The SMILES string of the molecule is CC1Cc2ccccc2N1C(=S)Nc1ccc(Cl)c(F)c1. The number of thiocarbonyl (C=S) groups is 1. The zero-order valence-corrected chi connectivity index (χ0v) is 13.0. The first-order valence-corrected chi connectivity index (χ1v) is 7.48. The van der Waals surface area contributed by atoms with Gasteiger partial charge in [0, 0.05) is 17.4 Å². The highest BCUT2D eigenvalue weighted by Gasteiger charge is 2.28. The first-order valence-electron chi connectivity index (χ1n) is 6.69. The molecule has 1 aliphatic rings. The van der Waals surface area contributed by atoms with Crippen LogP contribution in [0.15, 0.2) is 42.5 Å². The van der Waals surface area contributed by atoms with Gasteiger partial charge < -0.3 is 10.2 Å². The zero-order chi connectivity index (χ0) is 15.0. The Bertz CT molecular complexity index is 704. The number of benzene rings is 2. The van der Waals surface area contributed by atoms with Gasteiger partial charge in [-0.3, -0.25) is 0 Å². The Morgan fingerprint density at radius 3 is 2.86 bits per heavy atom. The molecule has 0 fully saturated rings. The molecule has 1 aliphatic heterocycles. The fraction of sp³-hybridized carbons (Fsp3) is 0.188. The number of hydrogen-bond donors (Lipinski definition) is 1. The number of para-hydroxylation sites is 1. The number of nitrogens with zero attached hydrogens (tertiary/aromatic N) is 1. The molecule has 1 N–H and O–H groups in total. The molecule has 0 aliphatic carbocycles. The lowest BCUT2D eigenvalue weighted by atomic mass is 10.1. The maximum atomic E-state index is 13.5. The van der Waals surface area contributed by atoms with Crippen molar-refractivity contribution in [2.45, 2.75) is 19.4 Å². The second-order valence-corrected chi connectivity index (χ2v) is 5.90. The van der Waals surface area contributed by atoms with E-state index in [4.69, 9.17) is 23.8 Å². The van der Waals surface area contributed by atoms with Gasteiger partial charge in [0.15, 0.2) is 5.11 Å². The summed E-state index contributed by atoms with van der Waals surface area (Å²) < 4.78 is 13.5. The predicted octanol–water partition coefficient (Wildman–Crippen LogP) is 4.63. The molecule has 0 saturated heterocycles. The molecule has 2 nitrogen and oxygen atoms in total. The van der Waals surface area contributed by atoms with Crippen molar-refractivity contribution in [2.75, 3.05) is 10.2 Å². The first kappa shape index (κ1) is 14.3. The Kier molecular flexibility index (Phi) is 3.83. The molecule has 0 saturated carbocycles. The molecule has 2 aromatic carbocycles. The van der Waals surface area contributed by atoms with Gasteiger partial charge in [0.2, 0.25) is 0 Å². The number of rotatable bonds is 1. The van der Waals surface area contributed by atoms with Crippen molar-refractivity contribution in [3.8, 4) is 0 Å². The van der Waals surface area contributed by atoms with Crippen LogP contribution in [0, 0.1) is 5.82 Å². The van der Waals surface area contributed by atoms with Crippen LogP contribution in [0.1, 0.15) is 12.5 Å². The molecule has 5 heteroatoms. The van der Waals surface area contributed by atoms with Crippen LogP contribution < -0.4 is 10.2 Å². The molecule has 2 aromatic rings. The van der Waals surface area contributed by atoms with Crippen LogP contribution in [0.4, 0.5) is 15.8 Å². The lowest BCUT2D eigenvalue weighted by Gasteiger charge is -2.26. The predicted molar refractivity (Wildman–Crippen MR) is 89.7 cm³/mol. The topological polar surface area (TPSA) is 15.3 Å². The summed E-state index contributed by atoms with van der Waals surface area (Å²) in [5, 5.41) is 3.75. The Balaban J connectivity index is 1.84. The second-order valence-electron chi connectivity index (χ2n) is 5.11. The summed E-state index contributed by atoms with van der Waals surface area (Å²) >= 11 is 11.2. The van der Waals surface area contributed by atoms with E-state index in [-0.39, 0.29) is 11.1 Å². The lowest BCUT2D eigenvalue weighted by Crippen LogP contribution is -2.38. The van der Waals surface area contributed by atoms with Gasteiger partial charge in [0.1, 0.15) is 5.82 Å². The van der Waals surface area contributed by atoms with Crippen LogP contribution in [-0.2, 0) is 6.42 Å². The molecule has 0 amide bonds. The molecular weight excluding hydrogens is 307 g/mol. The number of halogens is 2. The second kappa shape index (κ2) is 5.62. The third-order valence-corrected chi connectivity index (χ3v) is 4.20. The van der Waals surface area contributed by atoms with E-state index in [2.05, 4.69) is 29.3 Å². The normalized spacial score (nSPS) is 16.7. The number of hydrogen-bond acceptors (Lipinski definition) is 1. The molecule has 0 aromatic heterocycles. The van der Waals surface area contributed by atoms with Gasteiger partial charge in [-0.1, -0.05) is 29.8 Å². The van der Waals surface area contributed by atoms with E-state index in [0.717, 1.165) is 12.1 Å². The maximum Gasteiger partial charge on any atom is 0.178 e. The number of anilines is 2. The fourth-order valence-electron chi connectivity index (χ4n) is 2.63. The average Bonchev–Trinajstić information content (AvgIpc) is 2.78. The molecule has 1 heterocycles. The highest BCUT2D eigenvalue weighted by molar-refractivity contribution is 7.80. The average molecular weight is 321 g/mol. The van der Waals surface area contributed by atoms with Crippen LogP contribution in [0.3, 0.4) is 0 Å². The Morgan fingerprint density at radius 2 is 2.10 bits per heavy atom. The molecule has 21 heavy (non-hydrogen) atoms. The summed E-state index contributed by atoms with van der Waals surface area (Å²) in [7, 11) is 0. The van der Waals surface area contributed by atoms with E-state index in [0.29, 0.717) is 10.8 Å². The van der Waals surface area contributed by atoms with E-state index in [1.54, 1.807) is 6.07 Å². The van der Waals surface area contributed by atoms with Gasteiger partial charge in [-0.05, 0) is 55.4 Å². The monoisotopic (exact) mass is 320 g/mol. The minimum Gasteiger partial charge on any atom is -0.332 e. The molecular formula is C16H14ClFN2S. The molecule has 0 spiro atoms. The van der Waals surface area contributed by atoms with Crippen LogP contribution in [0.2, 0.25) is 5.02 Å². The Hall–Kier alpha value is -1.65. The molecule has 1 unspecified atom stereocenters.